The van der Waals surface area contributed by atoms with Gasteiger partial charge < -0.3 is 9.84 Å². The van der Waals surface area contributed by atoms with E-state index < -0.39 is 17.7 Å². The van der Waals surface area contributed by atoms with Gasteiger partial charge in [0.05, 0.1) is 24.2 Å². The highest BCUT2D eigenvalue weighted by Gasteiger charge is 2.34. The first kappa shape index (κ1) is 25.1. The van der Waals surface area contributed by atoms with Gasteiger partial charge in [-0.25, -0.2) is 0 Å². The third-order valence-electron chi connectivity index (χ3n) is 6.14. The summed E-state index contributed by atoms with van der Waals surface area (Å²) in [7, 11) is 0. The average molecular weight is 517 g/mol. The molecule has 0 aliphatic rings. The summed E-state index contributed by atoms with van der Waals surface area (Å²) in [6.45, 7) is 0.551. The van der Waals surface area contributed by atoms with Gasteiger partial charge in [0.25, 0.3) is 0 Å². The van der Waals surface area contributed by atoms with Gasteiger partial charge in [-0.2, -0.15) is 18.3 Å². The predicted molar refractivity (Wildman–Crippen MR) is 138 cm³/mol. The SMILES string of the molecule is O=C(O)Cc1ccc(COc2cccc(-c3c4cccc(C(F)(F)F)c4nn3Cc3ccccc3)c2)cc1. The van der Waals surface area contributed by atoms with E-state index in [2.05, 4.69) is 5.10 Å². The third kappa shape index (κ3) is 5.54. The highest BCUT2D eigenvalue weighted by Crippen LogP contribution is 2.38. The van der Waals surface area contributed by atoms with Crippen LogP contribution in [0, 0.1) is 0 Å². The lowest BCUT2D eigenvalue weighted by atomic mass is 10.0. The largest absolute Gasteiger partial charge is 0.489 e. The van der Waals surface area contributed by atoms with Crippen LogP contribution < -0.4 is 4.74 Å². The van der Waals surface area contributed by atoms with Crippen molar-refractivity contribution in [3.8, 4) is 17.0 Å². The summed E-state index contributed by atoms with van der Waals surface area (Å²) in [6, 6.07) is 27.8. The Morgan fingerprint density at radius 2 is 1.55 bits per heavy atom. The third-order valence-corrected chi connectivity index (χ3v) is 6.14. The van der Waals surface area contributed by atoms with Gasteiger partial charge in [0.15, 0.2) is 0 Å². The quantitative estimate of drug-likeness (QED) is 0.242. The first-order chi connectivity index (χ1) is 18.3. The molecule has 38 heavy (non-hydrogen) atoms. The second-order valence-corrected chi connectivity index (χ2v) is 8.89. The van der Waals surface area contributed by atoms with Gasteiger partial charge >= 0.3 is 12.1 Å². The number of aromatic nitrogens is 2. The van der Waals surface area contributed by atoms with Crippen molar-refractivity contribution in [2.75, 3.05) is 0 Å². The second kappa shape index (κ2) is 10.4. The Morgan fingerprint density at radius 3 is 2.26 bits per heavy atom. The molecule has 4 aromatic carbocycles. The number of rotatable bonds is 8. The Hall–Kier alpha value is -4.59. The molecule has 5 nitrogen and oxygen atoms in total. The summed E-state index contributed by atoms with van der Waals surface area (Å²) < 4.78 is 49.0. The van der Waals surface area contributed by atoms with Crippen LogP contribution in [0.5, 0.6) is 5.75 Å². The Bertz CT molecular complexity index is 1580. The fourth-order valence-corrected chi connectivity index (χ4v) is 4.38. The minimum Gasteiger partial charge on any atom is -0.489 e. The van der Waals surface area contributed by atoms with Gasteiger partial charge in [0.1, 0.15) is 17.9 Å². The Labute approximate surface area is 216 Å². The number of carbonyl (C=O) groups is 1. The van der Waals surface area contributed by atoms with Crippen LogP contribution in [0.4, 0.5) is 13.2 Å². The first-order valence-corrected chi connectivity index (χ1v) is 11.9. The van der Waals surface area contributed by atoms with Gasteiger partial charge in [-0.1, -0.05) is 78.9 Å². The smallest absolute Gasteiger partial charge is 0.418 e. The van der Waals surface area contributed by atoms with Gasteiger partial charge in [-0.15, -0.1) is 0 Å². The number of alkyl halides is 3. The number of carboxylic acids is 1. The lowest BCUT2D eigenvalue weighted by Gasteiger charge is -2.11. The molecule has 8 heteroatoms. The Balaban J connectivity index is 1.49. The van der Waals surface area contributed by atoms with E-state index in [0.29, 0.717) is 34.5 Å². The van der Waals surface area contributed by atoms with Gasteiger partial charge in [0.2, 0.25) is 0 Å². The van der Waals surface area contributed by atoms with Crippen molar-refractivity contribution >= 4 is 16.9 Å². The van der Waals surface area contributed by atoms with Gasteiger partial charge in [0, 0.05) is 10.9 Å². The predicted octanol–water partition coefficient (Wildman–Crippen LogP) is 6.98. The molecule has 1 heterocycles. The number of benzene rings is 4. The molecule has 1 aromatic heterocycles. The van der Waals surface area contributed by atoms with Gasteiger partial charge in [-0.3, -0.25) is 9.48 Å². The monoisotopic (exact) mass is 516 g/mol. The summed E-state index contributed by atoms with van der Waals surface area (Å²) in [4.78, 5) is 10.9. The summed E-state index contributed by atoms with van der Waals surface area (Å²) in [5.74, 6) is -0.350. The van der Waals surface area contributed by atoms with E-state index in [1.165, 1.54) is 6.07 Å². The number of nitrogens with zero attached hydrogens (tertiary/aromatic N) is 2. The normalized spacial score (nSPS) is 11.6. The molecule has 0 saturated heterocycles. The molecule has 0 bridgehead atoms. The van der Waals surface area contributed by atoms with Gasteiger partial charge in [-0.05, 0) is 34.9 Å². The van der Waals surface area contributed by atoms with E-state index in [-0.39, 0.29) is 18.5 Å². The molecule has 0 spiro atoms. The summed E-state index contributed by atoms with van der Waals surface area (Å²) in [6.07, 6.45) is -4.59. The Morgan fingerprint density at radius 1 is 0.842 bits per heavy atom. The zero-order valence-electron chi connectivity index (χ0n) is 20.2. The fraction of sp³-hybridized carbons (Fsp3) is 0.133. The van der Waals surface area contributed by atoms with Crippen LogP contribution >= 0.6 is 0 Å². The first-order valence-electron chi connectivity index (χ1n) is 11.9. The minimum absolute atomic E-state index is 0.0517. The van der Waals surface area contributed by atoms with E-state index in [1.54, 1.807) is 41.1 Å². The minimum atomic E-state index is -4.53. The van der Waals surface area contributed by atoms with E-state index in [9.17, 15) is 18.0 Å². The average Bonchev–Trinajstić information content (AvgIpc) is 3.26. The topological polar surface area (TPSA) is 64.3 Å². The summed E-state index contributed by atoms with van der Waals surface area (Å²) >= 11 is 0. The van der Waals surface area contributed by atoms with Crippen LogP contribution in [0.3, 0.4) is 0 Å². The number of halogens is 3. The van der Waals surface area contributed by atoms with E-state index >= 15 is 0 Å². The molecule has 1 N–H and O–H groups in total. The molecule has 0 unspecified atom stereocenters. The van der Waals surface area contributed by atoms with Crippen molar-refractivity contribution in [2.24, 2.45) is 0 Å². The molecule has 0 amide bonds. The number of carboxylic acid groups (broad SMARTS) is 1. The van der Waals surface area contributed by atoms with Crippen LogP contribution in [0.1, 0.15) is 22.3 Å². The maximum absolute atomic E-state index is 13.8. The zero-order chi connectivity index (χ0) is 26.7. The van der Waals surface area contributed by atoms with Crippen molar-refractivity contribution < 1.29 is 27.8 Å². The maximum atomic E-state index is 13.8. The maximum Gasteiger partial charge on any atom is 0.418 e. The molecule has 5 aromatic rings. The molecule has 0 radical (unpaired) electrons. The lowest BCUT2D eigenvalue weighted by molar-refractivity contribution is -0.137. The second-order valence-electron chi connectivity index (χ2n) is 8.89. The van der Waals surface area contributed by atoms with Crippen LogP contribution in [-0.2, 0) is 30.5 Å². The van der Waals surface area contributed by atoms with Crippen molar-refractivity contribution in [2.45, 2.75) is 25.7 Å². The lowest BCUT2D eigenvalue weighted by Crippen LogP contribution is -2.06. The molecule has 5 rings (SSSR count). The van der Waals surface area contributed by atoms with Crippen molar-refractivity contribution in [1.82, 2.24) is 9.78 Å². The highest BCUT2D eigenvalue weighted by molar-refractivity contribution is 5.95. The number of hydrogen-bond donors (Lipinski definition) is 1. The van der Waals surface area contributed by atoms with Crippen molar-refractivity contribution in [1.29, 1.82) is 0 Å². The number of aliphatic carboxylic acids is 1. The molecule has 0 fully saturated rings. The molecule has 0 aliphatic heterocycles. The molecular weight excluding hydrogens is 493 g/mol. The number of fused-ring (bicyclic) bond motifs is 1. The van der Waals surface area contributed by atoms with Crippen LogP contribution in [0.2, 0.25) is 0 Å². The summed E-state index contributed by atoms with van der Waals surface area (Å²) in [5.41, 5.74) is 2.84. The molecule has 0 saturated carbocycles. The standard InChI is InChI=1S/C30H23F3N2O3/c31-30(32,33)26-11-5-10-25-28(26)34-35(18-21-6-2-1-3-7-21)29(25)23-8-4-9-24(17-23)38-19-22-14-12-20(13-15-22)16-27(36)37/h1-15,17H,16,18-19H2,(H,36,37). The van der Waals surface area contributed by atoms with E-state index in [1.807, 2.05) is 48.5 Å². The molecule has 192 valence electrons. The highest BCUT2D eigenvalue weighted by atomic mass is 19.4. The Kier molecular flexibility index (Phi) is 6.87. The zero-order valence-corrected chi connectivity index (χ0v) is 20.2. The van der Waals surface area contributed by atoms with E-state index in [0.717, 1.165) is 17.2 Å². The number of ether oxygens (including phenoxy) is 1. The van der Waals surface area contributed by atoms with E-state index in [4.69, 9.17) is 9.84 Å². The van der Waals surface area contributed by atoms with Crippen LogP contribution in [0.15, 0.2) is 97.1 Å². The fourth-order valence-electron chi connectivity index (χ4n) is 4.38. The van der Waals surface area contributed by atoms with Crippen LogP contribution in [0.25, 0.3) is 22.2 Å². The molecule has 0 aliphatic carbocycles. The molecular formula is C30H23F3N2O3. The number of hydrogen-bond acceptors (Lipinski definition) is 3. The van der Waals surface area contributed by atoms with Crippen molar-refractivity contribution in [3.63, 3.8) is 0 Å². The van der Waals surface area contributed by atoms with Crippen molar-refractivity contribution in [3.05, 3.63) is 119 Å². The molecule has 0 atom stereocenters. The summed E-state index contributed by atoms with van der Waals surface area (Å²) in [5, 5.41) is 13.8. The van der Waals surface area contributed by atoms with Crippen LogP contribution in [-0.4, -0.2) is 20.9 Å².